The zero-order chi connectivity index (χ0) is 12.3. The molecule has 17 heavy (non-hydrogen) atoms. The van der Waals surface area contributed by atoms with E-state index in [4.69, 9.17) is 5.73 Å². The van der Waals surface area contributed by atoms with Crippen LogP contribution in [0.3, 0.4) is 0 Å². The van der Waals surface area contributed by atoms with Gasteiger partial charge < -0.3 is 5.73 Å². The largest absolute Gasteiger partial charge is 0.326 e. The highest BCUT2D eigenvalue weighted by atomic mass is 79.9. The number of hydrogen-bond acceptors (Lipinski definition) is 3. The Hall–Kier alpha value is -1.26. The predicted octanol–water partition coefficient (Wildman–Crippen LogP) is 2.60. The maximum Gasteiger partial charge on any atom is 0.132 e. The maximum absolute atomic E-state index is 5.58. The van der Waals surface area contributed by atoms with Crippen LogP contribution in [0.5, 0.6) is 0 Å². The molecule has 88 valence electrons. The molecule has 1 aromatic carbocycles. The molecule has 0 radical (unpaired) electrons. The number of rotatable bonds is 3. The van der Waals surface area contributed by atoms with Gasteiger partial charge in [-0.15, -0.1) is 0 Å². The molecular formula is C13H14BrN3. The van der Waals surface area contributed by atoms with Gasteiger partial charge in [-0.25, -0.2) is 9.97 Å². The van der Waals surface area contributed by atoms with Crippen LogP contribution in [0.25, 0.3) is 0 Å². The Morgan fingerprint density at radius 3 is 2.53 bits per heavy atom. The third-order valence-corrected chi connectivity index (χ3v) is 3.15. The summed E-state index contributed by atoms with van der Waals surface area (Å²) in [6, 6.07) is 8.19. The molecule has 1 aromatic heterocycles. The first-order valence-corrected chi connectivity index (χ1v) is 6.24. The summed E-state index contributed by atoms with van der Waals surface area (Å²) in [7, 11) is 0. The molecule has 2 N–H and O–H groups in total. The Labute approximate surface area is 109 Å². The van der Waals surface area contributed by atoms with Crippen molar-refractivity contribution < 1.29 is 0 Å². The molecule has 2 aromatic rings. The fourth-order valence-electron chi connectivity index (χ4n) is 1.61. The van der Waals surface area contributed by atoms with Crippen LogP contribution in [0, 0.1) is 6.92 Å². The minimum atomic E-state index is 0.490. The van der Waals surface area contributed by atoms with Crippen molar-refractivity contribution in [1.82, 2.24) is 9.97 Å². The molecule has 0 amide bonds. The number of hydrogen-bond donors (Lipinski definition) is 1. The van der Waals surface area contributed by atoms with Crippen molar-refractivity contribution in [3.05, 3.63) is 57.6 Å². The van der Waals surface area contributed by atoms with E-state index < -0.39 is 0 Å². The lowest BCUT2D eigenvalue weighted by Gasteiger charge is -2.05. The van der Waals surface area contributed by atoms with Crippen LogP contribution in [0.2, 0.25) is 0 Å². The van der Waals surface area contributed by atoms with E-state index in [-0.39, 0.29) is 0 Å². The third-order valence-electron chi connectivity index (χ3n) is 2.63. The Morgan fingerprint density at radius 2 is 1.94 bits per heavy atom. The van der Waals surface area contributed by atoms with Crippen molar-refractivity contribution in [3.63, 3.8) is 0 Å². The molecule has 0 aliphatic carbocycles. The van der Waals surface area contributed by atoms with Gasteiger partial charge in [0, 0.05) is 34.9 Å². The summed E-state index contributed by atoms with van der Waals surface area (Å²) in [5.41, 5.74) is 8.76. The topological polar surface area (TPSA) is 51.8 Å². The van der Waals surface area contributed by atoms with E-state index in [0.717, 1.165) is 28.0 Å². The van der Waals surface area contributed by atoms with Crippen LogP contribution in [0.1, 0.15) is 22.6 Å². The molecule has 0 saturated carbocycles. The highest BCUT2D eigenvalue weighted by Crippen LogP contribution is 2.13. The van der Waals surface area contributed by atoms with Crippen molar-refractivity contribution in [1.29, 1.82) is 0 Å². The van der Waals surface area contributed by atoms with E-state index in [1.54, 1.807) is 0 Å². The van der Waals surface area contributed by atoms with Gasteiger partial charge in [0.2, 0.25) is 0 Å². The van der Waals surface area contributed by atoms with Crippen molar-refractivity contribution in [2.24, 2.45) is 5.73 Å². The fourth-order valence-corrected chi connectivity index (χ4v) is 1.87. The Morgan fingerprint density at radius 1 is 1.24 bits per heavy atom. The van der Waals surface area contributed by atoms with Crippen LogP contribution >= 0.6 is 15.9 Å². The molecule has 1 heterocycles. The lowest BCUT2D eigenvalue weighted by atomic mass is 10.1. The number of halogens is 1. The molecule has 0 aliphatic rings. The van der Waals surface area contributed by atoms with Crippen molar-refractivity contribution >= 4 is 15.9 Å². The molecular weight excluding hydrogens is 278 g/mol. The number of nitrogens with two attached hydrogens (primary N) is 1. The van der Waals surface area contributed by atoms with E-state index in [0.29, 0.717) is 6.54 Å². The average molecular weight is 292 g/mol. The Kier molecular flexibility index (Phi) is 3.86. The summed E-state index contributed by atoms with van der Waals surface area (Å²) in [6.45, 7) is 2.46. The van der Waals surface area contributed by atoms with E-state index in [9.17, 15) is 0 Å². The van der Waals surface area contributed by atoms with Gasteiger partial charge in [0.05, 0.1) is 0 Å². The minimum absolute atomic E-state index is 0.490. The number of benzene rings is 1. The van der Waals surface area contributed by atoms with Gasteiger partial charge in [-0.05, 0) is 24.6 Å². The molecule has 0 unspecified atom stereocenters. The van der Waals surface area contributed by atoms with Crippen LogP contribution in [-0.4, -0.2) is 9.97 Å². The first kappa shape index (κ1) is 12.2. The molecule has 4 heteroatoms. The van der Waals surface area contributed by atoms with Crippen molar-refractivity contribution in [3.8, 4) is 0 Å². The van der Waals surface area contributed by atoms with Crippen LogP contribution in [-0.2, 0) is 13.0 Å². The second kappa shape index (κ2) is 5.38. The Balaban J connectivity index is 2.19. The molecule has 0 aliphatic heterocycles. The van der Waals surface area contributed by atoms with Crippen LogP contribution in [0.4, 0.5) is 0 Å². The standard InChI is InChI=1S/C13H14BrN3/c1-9-11(7-15)8-16-13(17-9)6-10-2-4-12(14)5-3-10/h2-5,8H,6-7,15H2,1H3. The lowest BCUT2D eigenvalue weighted by molar-refractivity contribution is 0.894. The minimum Gasteiger partial charge on any atom is -0.326 e. The number of nitrogens with zero attached hydrogens (tertiary/aromatic N) is 2. The third kappa shape index (κ3) is 3.11. The van der Waals surface area contributed by atoms with Gasteiger partial charge >= 0.3 is 0 Å². The summed E-state index contributed by atoms with van der Waals surface area (Å²) in [6.07, 6.45) is 2.56. The second-order valence-corrected chi connectivity index (χ2v) is 4.82. The van der Waals surface area contributed by atoms with Gasteiger partial charge in [-0.3, -0.25) is 0 Å². The SMILES string of the molecule is Cc1nc(Cc2ccc(Br)cc2)ncc1CN. The van der Waals surface area contributed by atoms with E-state index >= 15 is 0 Å². The van der Waals surface area contributed by atoms with Gasteiger partial charge in [0.1, 0.15) is 5.82 Å². The van der Waals surface area contributed by atoms with Crippen molar-refractivity contribution in [2.75, 3.05) is 0 Å². The van der Waals surface area contributed by atoms with Gasteiger partial charge in [-0.2, -0.15) is 0 Å². The number of aromatic nitrogens is 2. The summed E-state index contributed by atoms with van der Waals surface area (Å²) in [4.78, 5) is 8.78. The summed E-state index contributed by atoms with van der Waals surface area (Å²) in [5, 5.41) is 0. The Bertz CT molecular complexity index is 509. The molecule has 2 rings (SSSR count). The maximum atomic E-state index is 5.58. The summed E-state index contributed by atoms with van der Waals surface area (Å²) in [5.74, 6) is 0.835. The lowest BCUT2D eigenvalue weighted by Crippen LogP contribution is -2.05. The first-order valence-electron chi connectivity index (χ1n) is 5.45. The average Bonchev–Trinajstić information content (AvgIpc) is 2.32. The molecule has 0 bridgehead atoms. The second-order valence-electron chi connectivity index (χ2n) is 3.90. The quantitative estimate of drug-likeness (QED) is 0.946. The molecule has 3 nitrogen and oxygen atoms in total. The van der Waals surface area contributed by atoms with Gasteiger partial charge in [-0.1, -0.05) is 28.1 Å². The van der Waals surface area contributed by atoms with E-state index in [1.807, 2.05) is 25.3 Å². The highest BCUT2D eigenvalue weighted by molar-refractivity contribution is 9.10. The van der Waals surface area contributed by atoms with Crippen LogP contribution in [0.15, 0.2) is 34.9 Å². The number of aryl methyl sites for hydroxylation is 1. The van der Waals surface area contributed by atoms with Gasteiger partial charge in [0.25, 0.3) is 0 Å². The molecule has 0 saturated heterocycles. The summed E-state index contributed by atoms with van der Waals surface area (Å²) < 4.78 is 1.08. The van der Waals surface area contributed by atoms with Gasteiger partial charge in [0.15, 0.2) is 0 Å². The normalized spacial score (nSPS) is 10.5. The van der Waals surface area contributed by atoms with Crippen molar-refractivity contribution in [2.45, 2.75) is 19.9 Å². The smallest absolute Gasteiger partial charge is 0.132 e. The molecule has 0 atom stereocenters. The first-order chi connectivity index (χ1) is 8.19. The predicted molar refractivity (Wildman–Crippen MR) is 71.6 cm³/mol. The van der Waals surface area contributed by atoms with E-state index in [1.165, 1.54) is 5.56 Å². The molecule has 0 spiro atoms. The van der Waals surface area contributed by atoms with E-state index in [2.05, 4.69) is 38.0 Å². The van der Waals surface area contributed by atoms with Crippen LogP contribution < -0.4 is 5.73 Å². The fraction of sp³-hybridized carbons (Fsp3) is 0.231. The summed E-state index contributed by atoms with van der Waals surface area (Å²) >= 11 is 3.42. The zero-order valence-corrected chi connectivity index (χ0v) is 11.2. The zero-order valence-electron chi connectivity index (χ0n) is 9.65. The molecule has 0 fully saturated rings. The monoisotopic (exact) mass is 291 g/mol. The highest BCUT2D eigenvalue weighted by Gasteiger charge is 2.03.